The Morgan fingerprint density at radius 1 is 1.62 bits per heavy atom. The van der Waals surface area contributed by atoms with Gasteiger partial charge in [-0.15, -0.1) is 6.58 Å². The molecule has 0 amide bonds. The first kappa shape index (κ1) is 4.37. The maximum absolute atomic E-state index is 3.77. The van der Waals surface area contributed by atoms with E-state index in [0.717, 1.165) is 17.8 Å². The second-order valence-corrected chi connectivity index (χ2v) is 2.72. The number of hydrogen-bond donors (Lipinski definition) is 0. The number of fused-ring (bicyclic) bond motifs is 1. The molecule has 0 radical (unpaired) electrons. The largest absolute Gasteiger partial charge is 0.103 e. The lowest BCUT2D eigenvalue weighted by Gasteiger charge is -1.84. The van der Waals surface area contributed by atoms with Crippen molar-refractivity contribution in [1.29, 1.82) is 0 Å². The minimum Gasteiger partial charge on any atom is -0.103 e. The third-order valence-corrected chi connectivity index (χ3v) is 2.33. The molecule has 0 aromatic heterocycles. The van der Waals surface area contributed by atoms with Gasteiger partial charge in [0.25, 0.3) is 0 Å². The Labute approximate surface area is 49.9 Å². The highest BCUT2D eigenvalue weighted by Crippen LogP contribution is 2.54. The van der Waals surface area contributed by atoms with Gasteiger partial charge in [0.2, 0.25) is 0 Å². The summed E-state index contributed by atoms with van der Waals surface area (Å²) in [4.78, 5) is 0. The van der Waals surface area contributed by atoms with Crippen molar-refractivity contribution in [3.05, 3.63) is 24.8 Å². The topological polar surface area (TPSA) is 0 Å². The minimum atomic E-state index is 0.847. The molecule has 8 heavy (non-hydrogen) atoms. The molecule has 1 fully saturated rings. The number of rotatable bonds is 1. The molecule has 0 heteroatoms. The van der Waals surface area contributed by atoms with Crippen LogP contribution in [0, 0.1) is 17.8 Å². The summed E-state index contributed by atoms with van der Waals surface area (Å²) in [5.41, 5.74) is 0. The Balaban J connectivity index is 2.12. The Morgan fingerprint density at radius 2 is 2.50 bits per heavy atom. The summed E-state index contributed by atoms with van der Waals surface area (Å²) in [5.74, 6) is 2.71. The van der Waals surface area contributed by atoms with Crippen LogP contribution in [0.1, 0.15) is 6.42 Å². The van der Waals surface area contributed by atoms with Gasteiger partial charge in [-0.1, -0.05) is 18.2 Å². The lowest BCUT2D eigenvalue weighted by Crippen LogP contribution is -1.73. The molecule has 2 rings (SSSR count). The molecule has 0 N–H and O–H groups in total. The number of hydrogen-bond acceptors (Lipinski definition) is 0. The maximum Gasteiger partial charge on any atom is -0.0130 e. The zero-order valence-electron chi connectivity index (χ0n) is 4.88. The molecule has 0 nitrogen and oxygen atoms in total. The van der Waals surface area contributed by atoms with Crippen molar-refractivity contribution in [2.24, 2.45) is 17.8 Å². The average Bonchev–Trinajstić information content (AvgIpc) is 2.22. The fourth-order valence-electron chi connectivity index (χ4n) is 1.74. The van der Waals surface area contributed by atoms with Crippen LogP contribution in [0.15, 0.2) is 24.8 Å². The molecule has 0 heterocycles. The van der Waals surface area contributed by atoms with Crippen molar-refractivity contribution in [2.75, 3.05) is 0 Å². The smallest absolute Gasteiger partial charge is 0.0130 e. The van der Waals surface area contributed by atoms with Crippen molar-refractivity contribution in [1.82, 2.24) is 0 Å². The van der Waals surface area contributed by atoms with E-state index in [1.165, 1.54) is 6.42 Å². The summed E-state index contributed by atoms with van der Waals surface area (Å²) in [6.45, 7) is 3.77. The van der Waals surface area contributed by atoms with Gasteiger partial charge in [-0.2, -0.15) is 0 Å². The zero-order chi connectivity index (χ0) is 5.56. The molecule has 3 unspecified atom stereocenters. The summed E-state index contributed by atoms with van der Waals surface area (Å²) in [7, 11) is 0. The molecular weight excluding hydrogens is 96.1 g/mol. The quantitative estimate of drug-likeness (QED) is 0.448. The van der Waals surface area contributed by atoms with Crippen LogP contribution in [-0.2, 0) is 0 Å². The van der Waals surface area contributed by atoms with Crippen LogP contribution in [0.4, 0.5) is 0 Å². The highest BCUT2D eigenvalue weighted by atomic mass is 14.5. The molecule has 0 aromatic rings. The van der Waals surface area contributed by atoms with Crippen LogP contribution in [-0.4, -0.2) is 0 Å². The third kappa shape index (κ3) is 0.360. The Kier molecular flexibility index (Phi) is 0.682. The molecule has 3 atom stereocenters. The molecule has 0 bridgehead atoms. The highest BCUT2D eigenvalue weighted by Gasteiger charge is 2.47. The van der Waals surface area contributed by atoms with Gasteiger partial charge in [-0.25, -0.2) is 0 Å². The van der Waals surface area contributed by atoms with E-state index in [4.69, 9.17) is 0 Å². The van der Waals surface area contributed by atoms with Crippen molar-refractivity contribution in [3.63, 3.8) is 0 Å². The summed E-state index contributed by atoms with van der Waals surface area (Å²) in [6.07, 6.45) is 8.02. The predicted molar refractivity (Wildman–Crippen MR) is 34.4 cm³/mol. The van der Waals surface area contributed by atoms with Gasteiger partial charge in [0.05, 0.1) is 0 Å². The molecule has 0 aromatic carbocycles. The maximum atomic E-state index is 3.77. The van der Waals surface area contributed by atoms with Gasteiger partial charge >= 0.3 is 0 Å². The molecule has 0 aliphatic heterocycles. The monoisotopic (exact) mass is 106 g/mol. The molecular formula is C8H10. The Morgan fingerprint density at radius 3 is 2.88 bits per heavy atom. The van der Waals surface area contributed by atoms with Gasteiger partial charge < -0.3 is 0 Å². The normalized spacial score (nSPS) is 48.8. The van der Waals surface area contributed by atoms with Gasteiger partial charge in [-0.3, -0.25) is 0 Å². The van der Waals surface area contributed by atoms with Gasteiger partial charge in [-0.05, 0) is 24.2 Å². The molecule has 2 aliphatic carbocycles. The SMILES string of the molecule is C=CC1C2C=CCC12. The van der Waals surface area contributed by atoms with Crippen LogP contribution in [0.2, 0.25) is 0 Å². The highest BCUT2D eigenvalue weighted by molar-refractivity contribution is 5.20. The van der Waals surface area contributed by atoms with Gasteiger partial charge in [0.15, 0.2) is 0 Å². The standard InChI is InChI=1S/C8H10/c1-2-6-7-4-3-5-8(6)7/h2-4,6-8H,1,5H2. The minimum absolute atomic E-state index is 0.847. The predicted octanol–water partition coefficient (Wildman–Crippen LogP) is 1.99. The Bertz CT molecular complexity index is 140. The van der Waals surface area contributed by atoms with E-state index >= 15 is 0 Å². The van der Waals surface area contributed by atoms with Crippen molar-refractivity contribution < 1.29 is 0 Å². The van der Waals surface area contributed by atoms with E-state index in [0.29, 0.717) is 0 Å². The van der Waals surface area contributed by atoms with E-state index in [-0.39, 0.29) is 0 Å². The van der Waals surface area contributed by atoms with Crippen LogP contribution in [0.3, 0.4) is 0 Å². The van der Waals surface area contributed by atoms with Crippen LogP contribution >= 0.6 is 0 Å². The third-order valence-electron chi connectivity index (χ3n) is 2.33. The van der Waals surface area contributed by atoms with Gasteiger partial charge in [0, 0.05) is 0 Å². The second kappa shape index (κ2) is 1.25. The lowest BCUT2D eigenvalue weighted by molar-refractivity contribution is 0.815. The van der Waals surface area contributed by atoms with Crippen molar-refractivity contribution in [2.45, 2.75) is 6.42 Å². The first-order chi connectivity index (χ1) is 3.93. The molecule has 42 valence electrons. The summed E-state index contributed by atoms with van der Waals surface area (Å²) in [5, 5.41) is 0. The van der Waals surface area contributed by atoms with E-state index < -0.39 is 0 Å². The average molecular weight is 106 g/mol. The van der Waals surface area contributed by atoms with E-state index in [1.807, 2.05) is 0 Å². The van der Waals surface area contributed by atoms with Crippen LogP contribution < -0.4 is 0 Å². The Hall–Kier alpha value is -0.520. The van der Waals surface area contributed by atoms with E-state index in [9.17, 15) is 0 Å². The fraction of sp³-hybridized carbons (Fsp3) is 0.500. The van der Waals surface area contributed by atoms with E-state index in [2.05, 4.69) is 24.8 Å². The molecule has 2 aliphatic rings. The number of allylic oxidation sites excluding steroid dienone is 3. The zero-order valence-corrected chi connectivity index (χ0v) is 4.88. The summed E-state index contributed by atoms with van der Waals surface area (Å²) in [6, 6.07) is 0. The summed E-state index contributed by atoms with van der Waals surface area (Å²) >= 11 is 0. The van der Waals surface area contributed by atoms with Crippen LogP contribution in [0.25, 0.3) is 0 Å². The molecule has 0 saturated heterocycles. The lowest BCUT2D eigenvalue weighted by atomic mass is 10.2. The van der Waals surface area contributed by atoms with Gasteiger partial charge in [0.1, 0.15) is 0 Å². The van der Waals surface area contributed by atoms with Crippen molar-refractivity contribution >= 4 is 0 Å². The first-order valence-electron chi connectivity index (χ1n) is 3.22. The van der Waals surface area contributed by atoms with Crippen molar-refractivity contribution in [3.8, 4) is 0 Å². The van der Waals surface area contributed by atoms with Crippen LogP contribution in [0.5, 0.6) is 0 Å². The fourth-order valence-corrected chi connectivity index (χ4v) is 1.74. The first-order valence-corrected chi connectivity index (χ1v) is 3.22. The molecule has 1 saturated carbocycles. The summed E-state index contributed by atoms with van der Waals surface area (Å²) < 4.78 is 0. The van der Waals surface area contributed by atoms with E-state index in [1.54, 1.807) is 0 Å². The molecule has 0 spiro atoms. The second-order valence-electron chi connectivity index (χ2n) is 2.72.